The Morgan fingerprint density at radius 2 is 1.84 bits per heavy atom. The average molecular weight is 267 g/mol. The summed E-state index contributed by atoms with van der Waals surface area (Å²) in [5.74, 6) is 0.980. The molecule has 1 aliphatic rings. The molecule has 1 aliphatic carbocycles. The normalized spacial score (nSPS) is 24.3. The molecule has 1 N–H and O–H groups in total. The van der Waals surface area contributed by atoms with Gasteiger partial charge in [0.1, 0.15) is 5.78 Å². The highest BCUT2D eigenvalue weighted by Gasteiger charge is 2.33. The van der Waals surface area contributed by atoms with Gasteiger partial charge in [-0.3, -0.25) is 9.59 Å². The van der Waals surface area contributed by atoms with E-state index in [1.807, 2.05) is 34.6 Å². The maximum atomic E-state index is 12.3. The van der Waals surface area contributed by atoms with Crippen LogP contribution in [0.5, 0.6) is 0 Å². The third-order valence-electron chi connectivity index (χ3n) is 3.74. The lowest BCUT2D eigenvalue weighted by atomic mass is 9.75. The van der Waals surface area contributed by atoms with Crippen LogP contribution in [0.15, 0.2) is 0 Å². The highest BCUT2D eigenvalue weighted by Crippen LogP contribution is 2.31. The molecule has 2 atom stereocenters. The first-order chi connectivity index (χ1) is 8.70. The van der Waals surface area contributed by atoms with Gasteiger partial charge in [-0.2, -0.15) is 0 Å². The van der Waals surface area contributed by atoms with Gasteiger partial charge < -0.3 is 5.32 Å². The highest BCUT2D eigenvalue weighted by molar-refractivity contribution is 5.86. The van der Waals surface area contributed by atoms with Gasteiger partial charge in [0.05, 0.1) is 0 Å². The Kier molecular flexibility index (Phi) is 5.57. The largest absolute Gasteiger partial charge is 0.353 e. The molecule has 2 unspecified atom stereocenters. The number of nitrogens with one attached hydrogen (secondary N) is 1. The summed E-state index contributed by atoms with van der Waals surface area (Å²) in [7, 11) is 0. The summed E-state index contributed by atoms with van der Waals surface area (Å²) >= 11 is 0. The molecule has 3 nitrogen and oxygen atoms in total. The SMILES string of the molecule is CC(C)CC(=O)NC1CCCC(C(=O)C(C)(C)C)C1. The van der Waals surface area contributed by atoms with Crippen LogP contribution in [0, 0.1) is 17.3 Å². The van der Waals surface area contributed by atoms with Gasteiger partial charge in [-0.25, -0.2) is 0 Å². The summed E-state index contributed by atoms with van der Waals surface area (Å²) in [5, 5.41) is 3.10. The number of Topliss-reactive ketones (excluding diaryl/α,β-unsaturated/α-hetero) is 1. The van der Waals surface area contributed by atoms with Gasteiger partial charge in [0.25, 0.3) is 0 Å². The maximum absolute atomic E-state index is 12.3. The second-order valence-corrected chi connectivity index (χ2v) is 7.34. The van der Waals surface area contributed by atoms with Crippen LogP contribution < -0.4 is 5.32 Å². The van der Waals surface area contributed by atoms with Gasteiger partial charge in [-0.1, -0.05) is 41.0 Å². The first kappa shape index (κ1) is 16.2. The Bertz CT molecular complexity index is 328. The summed E-state index contributed by atoms with van der Waals surface area (Å²) in [6.45, 7) is 10.0. The van der Waals surface area contributed by atoms with Crippen LogP contribution in [0.4, 0.5) is 0 Å². The Labute approximate surface area is 117 Å². The van der Waals surface area contributed by atoms with Gasteiger partial charge in [0.15, 0.2) is 0 Å². The van der Waals surface area contributed by atoms with Crippen LogP contribution >= 0.6 is 0 Å². The predicted molar refractivity (Wildman–Crippen MR) is 77.8 cm³/mol. The van der Waals surface area contributed by atoms with E-state index < -0.39 is 0 Å². The van der Waals surface area contributed by atoms with Gasteiger partial charge >= 0.3 is 0 Å². The van der Waals surface area contributed by atoms with E-state index in [0.29, 0.717) is 18.1 Å². The zero-order valence-electron chi connectivity index (χ0n) is 13.1. The van der Waals surface area contributed by atoms with Crippen molar-refractivity contribution in [1.82, 2.24) is 5.32 Å². The van der Waals surface area contributed by atoms with E-state index in [-0.39, 0.29) is 23.3 Å². The van der Waals surface area contributed by atoms with E-state index in [4.69, 9.17) is 0 Å². The van der Waals surface area contributed by atoms with E-state index in [9.17, 15) is 9.59 Å². The molecule has 110 valence electrons. The summed E-state index contributed by atoms with van der Waals surface area (Å²) in [4.78, 5) is 24.1. The van der Waals surface area contributed by atoms with Crippen LogP contribution in [0.25, 0.3) is 0 Å². The molecule has 3 heteroatoms. The quantitative estimate of drug-likeness (QED) is 0.849. The molecule has 1 saturated carbocycles. The van der Waals surface area contributed by atoms with Crippen molar-refractivity contribution in [3.8, 4) is 0 Å². The molecule has 0 saturated heterocycles. The van der Waals surface area contributed by atoms with Crippen molar-refractivity contribution in [2.45, 2.75) is 72.8 Å². The van der Waals surface area contributed by atoms with E-state index in [1.165, 1.54) is 0 Å². The van der Waals surface area contributed by atoms with Crippen molar-refractivity contribution in [3.05, 3.63) is 0 Å². The fourth-order valence-electron chi connectivity index (χ4n) is 2.83. The fourth-order valence-corrected chi connectivity index (χ4v) is 2.83. The van der Waals surface area contributed by atoms with Crippen molar-refractivity contribution < 1.29 is 9.59 Å². The molecule has 0 radical (unpaired) electrons. The minimum absolute atomic E-state index is 0.123. The van der Waals surface area contributed by atoms with Crippen LogP contribution in [0.1, 0.15) is 66.7 Å². The van der Waals surface area contributed by atoms with Gasteiger partial charge in [0, 0.05) is 23.8 Å². The zero-order chi connectivity index (χ0) is 14.6. The molecule has 0 bridgehead atoms. The number of amides is 1. The Balaban J connectivity index is 2.51. The molecule has 1 amide bonds. The summed E-state index contributed by atoms with van der Waals surface area (Å²) < 4.78 is 0. The smallest absolute Gasteiger partial charge is 0.220 e. The fraction of sp³-hybridized carbons (Fsp3) is 0.875. The van der Waals surface area contributed by atoms with E-state index in [0.717, 1.165) is 25.7 Å². The number of hydrogen-bond acceptors (Lipinski definition) is 2. The second kappa shape index (κ2) is 6.53. The van der Waals surface area contributed by atoms with Crippen molar-refractivity contribution in [1.29, 1.82) is 0 Å². The lowest BCUT2D eigenvalue weighted by molar-refractivity contribution is -0.132. The minimum atomic E-state index is -0.269. The third-order valence-corrected chi connectivity index (χ3v) is 3.74. The van der Waals surface area contributed by atoms with Crippen molar-refractivity contribution >= 4 is 11.7 Å². The minimum Gasteiger partial charge on any atom is -0.353 e. The van der Waals surface area contributed by atoms with Crippen LogP contribution in [-0.4, -0.2) is 17.7 Å². The first-order valence-electron chi connectivity index (χ1n) is 7.54. The summed E-state index contributed by atoms with van der Waals surface area (Å²) in [6, 6.07) is 0.191. The van der Waals surface area contributed by atoms with Crippen molar-refractivity contribution in [2.24, 2.45) is 17.3 Å². The molecule has 0 spiro atoms. The molecule has 19 heavy (non-hydrogen) atoms. The van der Waals surface area contributed by atoms with Gasteiger partial charge in [-0.05, 0) is 25.2 Å². The van der Waals surface area contributed by atoms with Crippen LogP contribution in [0.2, 0.25) is 0 Å². The average Bonchev–Trinajstić information content (AvgIpc) is 2.25. The zero-order valence-corrected chi connectivity index (χ0v) is 13.1. The standard InChI is InChI=1S/C16H29NO2/c1-11(2)9-14(18)17-13-8-6-7-12(10-13)15(19)16(3,4)5/h11-13H,6-10H2,1-5H3,(H,17,18). The monoisotopic (exact) mass is 267 g/mol. The van der Waals surface area contributed by atoms with E-state index >= 15 is 0 Å². The van der Waals surface area contributed by atoms with Gasteiger partial charge in [-0.15, -0.1) is 0 Å². The molecule has 0 aromatic heterocycles. The summed E-state index contributed by atoms with van der Waals surface area (Å²) in [6.07, 6.45) is 4.43. The Morgan fingerprint density at radius 3 is 2.37 bits per heavy atom. The third kappa shape index (κ3) is 5.33. The molecular weight excluding hydrogens is 238 g/mol. The lowest BCUT2D eigenvalue weighted by Gasteiger charge is -2.32. The molecular formula is C16H29NO2. The Morgan fingerprint density at radius 1 is 1.21 bits per heavy atom. The molecule has 0 aromatic rings. The van der Waals surface area contributed by atoms with E-state index in [1.54, 1.807) is 0 Å². The summed E-state index contributed by atoms with van der Waals surface area (Å²) in [5.41, 5.74) is -0.269. The lowest BCUT2D eigenvalue weighted by Crippen LogP contribution is -2.42. The van der Waals surface area contributed by atoms with Crippen molar-refractivity contribution in [3.63, 3.8) is 0 Å². The molecule has 0 aromatic carbocycles. The topological polar surface area (TPSA) is 46.2 Å². The van der Waals surface area contributed by atoms with Crippen molar-refractivity contribution in [2.75, 3.05) is 0 Å². The first-order valence-corrected chi connectivity index (χ1v) is 7.54. The number of rotatable bonds is 4. The van der Waals surface area contributed by atoms with E-state index in [2.05, 4.69) is 5.32 Å². The molecule has 0 aliphatic heterocycles. The Hall–Kier alpha value is -0.860. The number of carbonyl (C=O) groups excluding carboxylic acids is 2. The van der Waals surface area contributed by atoms with Gasteiger partial charge in [0.2, 0.25) is 5.91 Å². The molecule has 0 heterocycles. The maximum Gasteiger partial charge on any atom is 0.220 e. The number of hydrogen-bond donors (Lipinski definition) is 1. The number of carbonyl (C=O) groups is 2. The van der Waals surface area contributed by atoms with Crippen LogP contribution in [-0.2, 0) is 9.59 Å². The predicted octanol–water partition coefficient (Wildman–Crippen LogP) is 3.32. The number of ketones is 1. The highest BCUT2D eigenvalue weighted by atomic mass is 16.1. The van der Waals surface area contributed by atoms with Crippen LogP contribution in [0.3, 0.4) is 0 Å². The molecule has 1 rings (SSSR count). The second-order valence-electron chi connectivity index (χ2n) is 7.34. The molecule has 1 fully saturated rings.